The minimum absolute atomic E-state index is 0.255. The number of halogens is 2. The highest BCUT2D eigenvalue weighted by Crippen LogP contribution is 2.38. The van der Waals surface area contributed by atoms with E-state index < -0.39 is 11.6 Å². The maximum atomic E-state index is 14.4. The smallest absolute Gasteiger partial charge is 0.233 e. The van der Waals surface area contributed by atoms with Gasteiger partial charge in [0.1, 0.15) is 29.3 Å². The summed E-state index contributed by atoms with van der Waals surface area (Å²) in [5, 5.41) is 4.27. The first-order chi connectivity index (χ1) is 14.0. The summed E-state index contributed by atoms with van der Waals surface area (Å²) in [6, 6.07) is 5.04. The van der Waals surface area contributed by atoms with Crippen LogP contribution >= 0.6 is 0 Å². The Hall–Kier alpha value is -3.49. The molecule has 1 aromatic carbocycles. The first kappa shape index (κ1) is 17.6. The fourth-order valence-corrected chi connectivity index (χ4v) is 3.90. The maximum Gasteiger partial charge on any atom is 0.233 e. The number of aromatic nitrogens is 4. The Morgan fingerprint density at radius 3 is 2.86 bits per heavy atom. The van der Waals surface area contributed by atoms with Gasteiger partial charge < -0.3 is 15.1 Å². The molecule has 1 aliphatic heterocycles. The molecule has 1 aliphatic rings. The standard InChI is InChI=1S/C20H18F2N6O/c1-11-10-29-20(24-11)17-18(23)26-28-8-6-16(25-19(17)28)27-7-2-3-15(27)13-9-12(21)4-5-14(13)22/h4-6,8-10,15H,2-3,7H2,1H3,(H2,23,26). The topological polar surface area (TPSA) is 85.5 Å². The van der Waals surface area contributed by atoms with E-state index in [0.717, 1.165) is 18.2 Å². The summed E-state index contributed by atoms with van der Waals surface area (Å²) >= 11 is 0. The number of nitrogens with zero attached hydrogens (tertiary/aromatic N) is 5. The lowest BCUT2D eigenvalue weighted by molar-refractivity contribution is 0.560. The number of hydrogen-bond acceptors (Lipinski definition) is 6. The Kier molecular flexibility index (Phi) is 3.97. The minimum atomic E-state index is -0.457. The summed E-state index contributed by atoms with van der Waals surface area (Å²) in [6.07, 6.45) is 4.83. The van der Waals surface area contributed by atoms with E-state index in [9.17, 15) is 8.78 Å². The lowest BCUT2D eigenvalue weighted by Crippen LogP contribution is -2.24. The normalized spacial score (nSPS) is 16.8. The molecule has 29 heavy (non-hydrogen) atoms. The molecule has 1 saturated heterocycles. The second kappa shape index (κ2) is 6.54. The second-order valence-electron chi connectivity index (χ2n) is 7.13. The number of nitrogens with two attached hydrogens (primary N) is 1. The molecule has 1 fully saturated rings. The van der Waals surface area contributed by atoms with E-state index in [1.807, 2.05) is 11.8 Å². The van der Waals surface area contributed by atoms with Gasteiger partial charge in [0.2, 0.25) is 5.89 Å². The van der Waals surface area contributed by atoms with E-state index in [1.165, 1.54) is 18.4 Å². The third kappa shape index (κ3) is 2.89. The van der Waals surface area contributed by atoms with Crippen LogP contribution in [0.3, 0.4) is 0 Å². The maximum absolute atomic E-state index is 14.4. The third-order valence-electron chi connectivity index (χ3n) is 5.19. The first-order valence-electron chi connectivity index (χ1n) is 9.30. The highest BCUT2D eigenvalue weighted by molar-refractivity contribution is 5.82. The van der Waals surface area contributed by atoms with Crippen LogP contribution in [-0.4, -0.2) is 26.1 Å². The molecule has 4 heterocycles. The van der Waals surface area contributed by atoms with Gasteiger partial charge in [0, 0.05) is 18.3 Å². The summed E-state index contributed by atoms with van der Waals surface area (Å²) in [7, 11) is 0. The van der Waals surface area contributed by atoms with E-state index in [0.29, 0.717) is 41.4 Å². The SMILES string of the molecule is Cc1coc(-c2c(N)nn3ccc(N4CCCC4c4cc(F)ccc4F)nc23)n1. The van der Waals surface area contributed by atoms with Crippen molar-refractivity contribution in [1.29, 1.82) is 0 Å². The van der Waals surface area contributed by atoms with Gasteiger partial charge in [-0.25, -0.2) is 23.3 Å². The van der Waals surface area contributed by atoms with Crippen LogP contribution in [0.15, 0.2) is 41.1 Å². The van der Waals surface area contributed by atoms with Crippen molar-refractivity contribution < 1.29 is 13.2 Å². The number of fused-ring (bicyclic) bond motifs is 1. The molecule has 0 amide bonds. The van der Waals surface area contributed by atoms with Crippen molar-refractivity contribution in [3.63, 3.8) is 0 Å². The summed E-state index contributed by atoms with van der Waals surface area (Å²) in [4.78, 5) is 11.0. The van der Waals surface area contributed by atoms with Crippen LogP contribution in [0.4, 0.5) is 20.4 Å². The molecule has 0 radical (unpaired) electrons. The zero-order valence-electron chi connectivity index (χ0n) is 15.6. The van der Waals surface area contributed by atoms with Crippen molar-refractivity contribution in [2.75, 3.05) is 17.2 Å². The van der Waals surface area contributed by atoms with Gasteiger partial charge in [-0.3, -0.25) is 0 Å². The van der Waals surface area contributed by atoms with E-state index in [-0.39, 0.29) is 11.9 Å². The fourth-order valence-electron chi connectivity index (χ4n) is 3.90. The quantitative estimate of drug-likeness (QED) is 0.565. The Balaban J connectivity index is 1.60. The number of nitrogen functional groups attached to an aromatic ring is 1. The van der Waals surface area contributed by atoms with Crippen LogP contribution < -0.4 is 10.6 Å². The number of hydrogen-bond donors (Lipinski definition) is 1. The van der Waals surface area contributed by atoms with Gasteiger partial charge in [0.25, 0.3) is 0 Å². The predicted molar refractivity (Wildman–Crippen MR) is 103 cm³/mol. The summed E-state index contributed by atoms with van der Waals surface area (Å²) < 4.78 is 35.2. The molecule has 2 N–H and O–H groups in total. The van der Waals surface area contributed by atoms with Gasteiger partial charge in [0.05, 0.1) is 11.7 Å². The van der Waals surface area contributed by atoms with E-state index in [1.54, 1.807) is 16.8 Å². The minimum Gasteiger partial charge on any atom is -0.444 e. The van der Waals surface area contributed by atoms with Crippen LogP contribution in [-0.2, 0) is 0 Å². The monoisotopic (exact) mass is 396 g/mol. The Morgan fingerprint density at radius 2 is 2.07 bits per heavy atom. The lowest BCUT2D eigenvalue weighted by Gasteiger charge is -2.26. The zero-order chi connectivity index (χ0) is 20.1. The van der Waals surface area contributed by atoms with Crippen molar-refractivity contribution >= 4 is 17.3 Å². The molecule has 0 spiro atoms. The van der Waals surface area contributed by atoms with Gasteiger partial charge in [-0.05, 0) is 44.0 Å². The van der Waals surface area contributed by atoms with E-state index in [2.05, 4.69) is 10.1 Å². The van der Waals surface area contributed by atoms with Gasteiger partial charge in [0.15, 0.2) is 11.5 Å². The van der Waals surface area contributed by atoms with Gasteiger partial charge in [-0.1, -0.05) is 0 Å². The lowest BCUT2D eigenvalue weighted by atomic mass is 10.0. The molecule has 1 atom stereocenters. The van der Waals surface area contributed by atoms with Crippen LogP contribution in [0.5, 0.6) is 0 Å². The molecule has 7 nitrogen and oxygen atoms in total. The number of aryl methyl sites for hydroxylation is 1. The van der Waals surface area contributed by atoms with Crippen LogP contribution in [0.25, 0.3) is 17.1 Å². The zero-order valence-corrected chi connectivity index (χ0v) is 15.6. The molecule has 1 unspecified atom stereocenters. The summed E-state index contributed by atoms with van der Waals surface area (Å²) in [5.41, 5.74) is 8.13. The molecule has 3 aromatic heterocycles. The molecule has 0 aliphatic carbocycles. The van der Waals surface area contributed by atoms with E-state index in [4.69, 9.17) is 15.1 Å². The van der Waals surface area contributed by atoms with Crippen LogP contribution in [0.1, 0.15) is 30.1 Å². The Bertz CT molecular complexity index is 1220. The first-order valence-corrected chi connectivity index (χ1v) is 9.30. The molecule has 5 rings (SSSR count). The Labute approximate surface area is 164 Å². The number of benzene rings is 1. The highest BCUT2D eigenvalue weighted by Gasteiger charge is 2.30. The highest BCUT2D eigenvalue weighted by atomic mass is 19.1. The van der Waals surface area contributed by atoms with Gasteiger partial charge in [-0.15, -0.1) is 5.10 Å². The molecule has 0 saturated carbocycles. The van der Waals surface area contributed by atoms with Crippen LogP contribution in [0.2, 0.25) is 0 Å². The number of oxazole rings is 1. The summed E-state index contributed by atoms with van der Waals surface area (Å²) in [6.45, 7) is 2.50. The van der Waals surface area contributed by atoms with Crippen molar-refractivity contribution in [3.05, 3.63) is 59.6 Å². The van der Waals surface area contributed by atoms with Crippen molar-refractivity contribution in [2.45, 2.75) is 25.8 Å². The average molecular weight is 396 g/mol. The fraction of sp³-hybridized carbons (Fsp3) is 0.250. The van der Waals surface area contributed by atoms with Crippen LogP contribution in [0, 0.1) is 18.6 Å². The molecule has 4 aromatic rings. The van der Waals surface area contributed by atoms with Gasteiger partial charge >= 0.3 is 0 Å². The molecular weight excluding hydrogens is 378 g/mol. The second-order valence-corrected chi connectivity index (χ2v) is 7.13. The largest absolute Gasteiger partial charge is 0.444 e. The molecular formula is C20H18F2N6O. The van der Waals surface area contributed by atoms with E-state index >= 15 is 0 Å². The molecule has 0 bridgehead atoms. The molecule has 9 heteroatoms. The number of rotatable bonds is 3. The number of anilines is 2. The molecule has 148 valence electrons. The average Bonchev–Trinajstić information content (AvgIpc) is 3.41. The third-order valence-corrected chi connectivity index (χ3v) is 5.19. The van der Waals surface area contributed by atoms with Crippen molar-refractivity contribution in [1.82, 2.24) is 19.6 Å². The van der Waals surface area contributed by atoms with Gasteiger partial charge in [-0.2, -0.15) is 0 Å². The predicted octanol–water partition coefficient (Wildman–Crippen LogP) is 3.89. The van der Waals surface area contributed by atoms with Crippen molar-refractivity contribution in [3.8, 4) is 11.5 Å². The Morgan fingerprint density at radius 1 is 1.21 bits per heavy atom. The van der Waals surface area contributed by atoms with Crippen molar-refractivity contribution in [2.24, 2.45) is 0 Å². The summed E-state index contributed by atoms with van der Waals surface area (Å²) in [5.74, 6) is 0.350.